The lowest BCUT2D eigenvalue weighted by Crippen LogP contribution is -2.28. The van der Waals surface area contributed by atoms with Crippen molar-refractivity contribution in [2.45, 2.75) is 25.8 Å². The maximum Gasteiger partial charge on any atom is 0.268 e. The quantitative estimate of drug-likeness (QED) is 0.643. The number of rotatable bonds is 6. The number of aromatic nitrogens is 1. The fourth-order valence-electron chi connectivity index (χ4n) is 2.92. The fraction of sp³-hybridized carbons (Fsp3) is 0.200. The number of carbonyl (C=O) groups is 2. The van der Waals surface area contributed by atoms with Crippen LogP contribution in [0.1, 0.15) is 52.2 Å². The van der Waals surface area contributed by atoms with Gasteiger partial charge < -0.3 is 16.0 Å². The van der Waals surface area contributed by atoms with E-state index in [1.165, 1.54) is 0 Å². The highest BCUT2D eigenvalue weighted by atomic mass is 16.2. The van der Waals surface area contributed by atoms with Crippen molar-refractivity contribution in [3.63, 3.8) is 0 Å². The molecule has 1 heterocycles. The zero-order valence-corrected chi connectivity index (χ0v) is 14.1. The van der Waals surface area contributed by atoms with Crippen molar-refractivity contribution >= 4 is 22.7 Å². The third kappa shape index (κ3) is 3.71. The van der Waals surface area contributed by atoms with E-state index < -0.39 is 5.91 Å². The summed E-state index contributed by atoms with van der Waals surface area (Å²) in [6, 6.07) is 16.6. The van der Waals surface area contributed by atoms with E-state index in [-0.39, 0.29) is 11.9 Å². The van der Waals surface area contributed by atoms with Crippen molar-refractivity contribution in [2.24, 2.45) is 5.73 Å². The van der Waals surface area contributed by atoms with Gasteiger partial charge in [-0.15, -0.1) is 0 Å². The van der Waals surface area contributed by atoms with Gasteiger partial charge in [0.05, 0.1) is 6.04 Å². The van der Waals surface area contributed by atoms with E-state index in [4.69, 9.17) is 5.73 Å². The van der Waals surface area contributed by atoms with Gasteiger partial charge in [-0.1, -0.05) is 43.7 Å². The molecule has 5 heteroatoms. The van der Waals surface area contributed by atoms with Crippen molar-refractivity contribution in [3.8, 4) is 0 Å². The summed E-state index contributed by atoms with van der Waals surface area (Å²) in [5.74, 6) is -0.602. The number of nitrogens with one attached hydrogen (secondary N) is 2. The fourth-order valence-corrected chi connectivity index (χ4v) is 2.92. The van der Waals surface area contributed by atoms with Crippen LogP contribution in [-0.2, 0) is 0 Å². The Morgan fingerprint density at radius 1 is 1.12 bits per heavy atom. The molecule has 4 N–H and O–H groups in total. The Morgan fingerprint density at radius 3 is 2.48 bits per heavy atom. The number of hydrogen-bond donors (Lipinski definition) is 3. The van der Waals surface area contributed by atoms with Crippen LogP contribution in [0.25, 0.3) is 10.9 Å². The van der Waals surface area contributed by atoms with Crippen molar-refractivity contribution in [2.75, 3.05) is 0 Å². The smallest absolute Gasteiger partial charge is 0.268 e. The van der Waals surface area contributed by atoms with E-state index in [9.17, 15) is 9.59 Å². The van der Waals surface area contributed by atoms with Gasteiger partial charge >= 0.3 is 0 Å². The van der Waals surface area contributed by atoms with Gasteiger partial charge in [-0.05, 0) is 36.2 Å². The molecule has 128 valence electrons. The predicted molar refractivity (Wildman–Crippen MR) is 98.4 cm³/mol. The molecule has 5 nitrogen and oxygen atoms in total. The molecule has 1 unspecified atom stereocenters. The van der Waals surface area contributed by atoms with Gasteiger partial charge in [-0.25, -0.2) is 0 Å². The molecule has 0 aliphatic carbocycles. The average Bonchev–Trinajstić information content (AvgIpc) is 3.05. The number of amides is 2. The van der Waals surface area contributed by atoms with E-state index in [0.717, 1.165) is 29.3 Å². The van der Waals surface area contributed by atoms with Gasteiger partial charge in [0.15, 0.2) is 0 Å². The molecular formula is C20H21N3O2. The number of H-pyrrole nitrogens is 1. The average molecular weight is 335 g/mol. The largest absolute Gasteiger partial charge is 0.366 e. The Balaban J connectivity index is 1.80. The molecule has 0 fully saturated rings. The molecular weight excluding hydrogens is 314 g/mol. The number of hydrogen-bond acceptors (Lipinski definition) is 2. The lowest BCUT2D eigenvalue weighted by Gasteiger charge is -2.18. The lowest BCUT2D eigenvalue weighted by atomic mass is 10.0. The second kappa shape index (κ2) is 7.21. The van der Waals surface area contributed by atoms with E-state index in [0.29, 0.717) is 11.3 Å². The summed E-state index contributed by atoms with van der Waals surface area (Å²) in [5, 5.41) is 4.08. The maximum absolute atomic E-state index is 12.6. The molecule has 0 saturated heterocycles. The molecule has 0 aliphatic heterocycles. The first-order valence-corrected chi connectivity index (χ1v) is 8.37. The lowest BCUT2D eigenvalue weighted by molar-refractivity contribution is 0.0929. The number of fused-ring (bicyclic) bond motifs is 1. The maximum atomic E-state index is 12.6. The monoisotopic (exact) mass is 335 g/mol. The zero-order chi connectivity index (χ0) is 17.8. The molecule has 1 atom stereocenters. The Labute approximate surface area is 146 Å². The molecule has 25 heavy (non-hydrogen) atoms. The van der Waals surface area contributed by atoms with Crippen LogP contribution in [0, 0.1) is 0 Å². The summed E-state index contributed by atoms with van der Waals surface area (Å²) >= 11 is 0. The summed E-state index contributed by atoms with van der Waals surface area (Å²) in [7, 11) is 0. The van der Waals surface area contributed by atoms with Gasteiger partial charge in [0.25, 0.3) is 5.91 Å². The summed E-state index contributed by atoms with van der Waals surface area (Å²) in [5.41, 5.74) is 8.17. The molecule has 2 amide bonds. The summed E-state index contributed by atoms with van der Waals surface area (Å²) < 4.78 is 0. The van der Waals surface area contributed by atoms with Crippen LogP contribution < -0.4 is 11.1 Å². The Bertz CT molecular complexity index is 864. The number of para-hydroxylation sites is 1. The number of primary amides is 1. The predicted octanol–water partition coefficient (Wildman–Crippen LogP) is 3.54. The molecule has 3 aromatic rings. The highest BCUT2D eigenvalue weighted by molar-refractivity contribution is 5.98. The van der Waals surface area contributed by atoms with Crippen LogP contribution >= 0.6 is 0 Å². The van der Waals surface area contributed by atoms with Gasteiger partial charge in [-0.2, -0.15) is 0 Å². The van der Waals surface area contributed by atoms with E-state index in [1.807, 2.05) is 42.5 Å². The number of aromatic amines is 1. The molecule has 1 aromatic heterocycles. The minimum absolute atomic E-state index is 0.120. The van der Waals surface area contributed by atoms with Crippen LogP contribution in [0.4, 0.5) is 0 Å². The van der Waals surface area contributed by atoms with Gasteiger partial charge in [-0.3, -0.25) is 9.59 Å². The van der Waals surface area contributed by atoms with E-state index in [1.54, 1.807) is 12.1 Å². The normalized spacial score (nSPS) is 12.0. The van der Waals surface area contributed by atoms with Crippen LogP contribution in [0.5, 0.6) is 0 Å². The molecule has 0 spiro atoms. The number of benzene rings is 2. The first-order valence-electron chi connectivity index (χ1n) is 8.37. The van der Waals surface area contributed by atoms with Crippen molar-refractivity contribution in [1.29, 1.82) is 0 Å². The number of nitrogens with two attached hydrogens (primary N) is 1. The highest BCUT2D eigenvalue weighted by Gasteiger charge is 2.17. The molecule has 2 aromatic carbocycles. The molecule has 3 rings (SSSR count). The SMILES string of the molecule is CCCC(NC(=O)c1cc2ccccc2[nH]1)c1ccc(C(N)=O)cc1. The third-order valence-electron chi connectivity index (χ3n) is 4.25. The minimum Gasteiger partial charge on any atom is -0.366 e. The molecule has 0 aliphatic rings. The second-order valence-electron chi connectivity index (χ2n) is 6.07. The molecule has 0 bridgehead atoms. The summed E-state index contributed by atoms with van der Waals surface area (Å²) in [4.78, 5) is 27.0. The van der Waals surface area contributed by atoms with Crippen molar-refractivity contribution in [3.05, 3.63) is 71.4 Å². The zero-order valence-electron chi connectivity index (χ0n) is 14.1. The van der Waals surface area contributed by atoms with Gasteiger partial charge in [0.2, 0.25) is 5.91 Å². The third-order valence-corrected chi connectivity index (χ3v) is 4.25. The number of carbonyl (C=O) groups excluding carboxylic acids is 2. The van der Waals surface area contributed by atoms with Crippen molar-refractivity contribution < 1.29 is 9.59 Å². The first kappa shape index (κ1) is 16.8. The first-order chi connectivity index (χ1) is 12.1. The topological polar surface area (TPSA) is 88.0 Å². The molecule has 0 radical (unpaired) electrons. The van der Waals surface area contributed by atoms with E-state index in [2.05, 4.69) is 17.2 Å². The Kier molecular flexibility index (Phi) is 4.84. The Morgan fingerprint density at radius 2 is 1.84 bits per heavy atom. The van der Waals surface area contributed by atoms with Crippen molar-refractivity contribution in [1.82, 2.24) is 10.3 Å². The Hall–Kier alpha value is -3.08. The summed E-state index contributed by atoms with van der Waals surface area (Å²) in [6.45, 7) is 2.07. The van der Waals surface area contributed by atoms with Crippen LogP contribution in [0.2, 0.25) is 0 Å². The van der Waals surface area contributed by atoms with Gasteiger partial charge in [0, 0.05) is 16.5 Å². The second-order valence-corrected chi connectivity index (χ2v) is 6.07. The summed E-state index contributed by atoms with van der Waals surface area (Å²) in [6.07, 6.45) is 1.73. The van der Waals surface area contributed by atoms with Crippen LogP contribution in [0.3, 0.4) is 0 Å². The molecule has 0 saturated carbocycles. The minimum atomic E-state index is -0.458. The van der Waals surface area contributed by atoms with Crippen LogP contribution in [-0.4, -0.2) is 16.8 Å². The standard InChI is InChI=1S/C20H21N3O2/c1-2-5-16(13-8-10-14(11-9-13)19(21)24)23-20(25)18-12-15-6-3-4-7-17(15)22-18/h3-4,6-12,16,22H,2,5H2,1H3,(H2,21,24)(H,23,25). The highest BCUT2D eigenvalue weighted by Crippen LogP contribution is 2.21. The van der Waals surface area contributed by atoms with Gasteiger partial charge in [0.1, 0.15) is 5.69 Å². The van der Waals surface area contributed by atoms with E-state index >= 15 is 0 Å². The van der Waals surface area contributed by atoms with Crippen LogP contribution in [0.15, 0.2) is 54.6 Å².